The second kappa shape index (κ2) is 9.84. The normalized spacial score (nSPS) is 10.8. The Morgan fingerprint density at radius 1 is 0.895 bits per heavy atom. The summed E-state index contributed by atoms with van der Waals surface area (Å²) in [7, 11) is 0. The number of hydrogen-bond acceptors (Lipinski definition) is 7. The predicted octanol–water partition coefficient (Wildman–Crippen LogP) is 5.61. The van der Waals surface area contributed by atoms with Gasteiger partial charge in [0.15, 0.2) is 11.5 Å². The maximum absolute atomic E-state index is 9.11. The first-order chi connectivity index (χ1) is 18.7. The lowest BCUT2D eigenvalue weighted by atomic mass is 10.1. The van der Waals surface area contributed by atoms with Crippen LogP contribution in [0.2, 0.25) is 0 Å². The number of imidazole rings is 1. The minimum Gasteiger partial charge on any atom is -0.383 e. The van der Waals surface area contributed by atoms with Gasteiger partial charge in [0.2, 0.25) is 0 Å². The van der Waals surface area contributed by atoms with Gasteiger partial charge in [0.05, 0.1) is 28.7 Å². The molecule has 8 heteroatoms. The highest BCUT2D eigenvalue weighted by molar-refractivity contribution is 5.84. The van der Waals surface area contributed by atoms with Crippen LogP contribution in [0.1, 0.15) is 11.1 Å². The number of pyridine rings is 3. The Kier molecular flexibility index (Phi) is 5.92. The smallest absolute Gasteiger partial charge is 0.165 e. The molecule has 0 saturated carbocycles. The molecule has 4 heterocycles. The van der Waals surface area contributed by atoms with E-state index in [9.17, 15) is 0 Å². The molecular formula is C30H22N8. The number of fused-ring (bicyclic) bond motifs is 1. The summed E-state index contributed by atoms with van der Waals surface area (Å²) in [4.78, 5) is 18.3. The van der Waals surface area contributed by atoms with Gasteiger partial charge in [0, 0.05) is 30.2 Å². The molecular weight excluding hydrogens is 472 g/mol. The van der Waals surface area contributed by atoms with Crippen molar-refractivity contribution in [3.63, 3.8) is 0 Å². The van der Waals surface area contributed by atoms with Crippen LogP contribution in [0.4, 0.5) is 11.5 Å². The van der Waals surface area contributed by atoms with E-state index >= 15 is 0 Å². The Morgan fingerprint density at radius 3 is 2.53 bits per heavy atom. The number of hydrogen-bond donors (Lipinski definition) is 2. The van der Waals surface area contributed by atoms with E-state index in [-0.39, 0.29) is 0 Å². The zero-order valence-electron chi connectivity index (χ0n) is 20.3. The summed E-state index contributed by atoms with van der Waals surface area (Å²) in [6.45, 7) is 0.584. The first-order valence-corrected chi connectivity index (χ1v) is 12.0. The van der Waals surface area contributed by atoms with E-state index in [2.05, 4.69) is 21.4 Å². The van der Waals surface area contributed by atoms with Crippen LogP contribution >= 0.6 is 0 Å². The summed E-state index contributed by atoms with van der Waals surface area (Å²) in [5.41, 5.74) is 13.7. The van der Waals surface area contributed by atoms with Gasteiger partial charge in [-0.1, -0.05) is 42.5 Å². The molecule has 182 valence electrons. The Balaban J connectivity index is 1.41. The van der Waals surface area contributed by atoms with Gasteiger partial charge in [-0.25, -0.2) is 15.0 Å². The molecule has 0 bridgehead atoms. The van der Waals surface area contributed by atoms with Crippen molar-refractivity contribution in [2.45, 2.75) is 6.54 Å². The van der Waals surface area contributed by atoms with Crippen molar-refractivity contribution >= 4 is 22.7 Å². The van der Waals surface area contributed by atoms with Crippen molar-refractivity contribution in [1.82, 2.24) is 24.5 Å². The van der Waals surface area contributed by atoms with Crippen LogP contribution in [0.25, 0.3) is 39.5 Å². The van der Waals surface area contributed by atoms with Gasteiger partial charge in [-0.05, 0) is 48.0 Å². The molecule has 0 spiro atoms. The van der Waals surface area contributed by atoms with Crippen molar-refractivity contribution in [3.8, 4) is 34.4 Å². The van der Waals surface area contributed by atoms with Gasteiger partial charge in [-0.15, -0.1) is 0 Å². The van der Waals surface area contributed by atoms with Crippen molar-refractivity contribution in [2.75, 3.05) is 11.1 Å². The predicted molar refractivity (Wildman–Crippen MR) is 148 cm³/mol. The van der Waals surface area contributed by atoms with Gasteiger partial charge in [0.25, 0.3) is 0 Å². The van der Waals surface area contributed by atoms with E-state index in [4.69, 9.17) is 21.0 Å². The van der Waals surface area contributed by atoms with Gasteiger partial charge >= 0.3 is 0 Å². The van der Waals surface area contributed by atoms with E-state index in [1.54, 1.807) is 24.7 Å². The fourth-order valence-corrected chi connectivity index (χ4v) is 4.32. The highest BCUT2D eigenvalue weighted by Crippen LogP contribution is 2.31. The number of anilines is 2. The monoisotopic (exact) mass is 494 g/mol. The summed E-state index contributed by atoms with van der Waals surface area (Å²) >= 11 is 0. The van der Waals surface area contributed by atoms with Crippen LogP contribution in [-0.2, 0) is 6.54 Å². The van der Waals surface area contributed by atoms with Crippen LogP contribution in [-0.4, -0.2) is 24.5 Å². The third-order valence-corrected chi connectivity index (χ3v) is 6.21. The Morgan fingerprint density at radius 2 is 1.74 bits per heavy atom. The highest BCUT2D eigenvalue weighted by Gasteiger charge is 2.18. The molecule has 0 amide bonds. The molecule has 0 unspecified atom stereocenters. The fourth-order valence-electron chi connectivity index (χ4n) is 4.32. The van der Waals surface area contributed by atoms with Crippen molar-refractivity contribution in [2.24, 2.45) is 0 Å². The highest BCUT2D eigenvalue weighted by atomic mass is 15.1. The van der Waals surface area contributed by atoms with Gasteiger partial charge in [-0.2, -0.15) is 5.26 Å². The first-order valence-electron chi connectivity index (χ1n) is 12.0. The number of nitrogens with two attached hydrogens (primary N) is 1. The number of nitrogens with zero attached hydrogens (tertiary/aromatic N) is 6. The van der Waals surface area contributed by atoms with Gasteiger partial charge < -0.3 is 11.1 Å². The van der Waals surface area contributed by atoms with Crippen molar-refractivity contribution in [1.29, 1.82) is 5.26 Å². The van der Waals surface area contributed by atoms with Crippen LogP contribution in [0.15, 0.2) is 104 Å². The largest absolute Gasteiger partial charge is 0.383 e. The molecule has 8 nitrogen and oxygen atoms in total. The standard InChI is InChI=1S/C30H22N8/c31-16-21-15-23(19-33-17-21)35-18-20-8-10-24(11-9-20)38-29(25-7-4-14-34-28(25)32)37-27-13-12-26(36-30(27)38)22-5-2-1-3-6-22/h1-15,17,19,35H,18H2,(H2,32,34). The molecule has 3 N–H and O–H groups in total. The van der Waals surface area contributed by atoms with Gasteiger partial charge in [-0.3, -0.25) is 9.55 Å². The Bertz CT molecular complexity index is 1780. The molecule has 0 radical (unpaired) electrons. The van der Waals surface area contributed by atoms with E-state index in [1.165, 1.54) is 0 Å². The summed E-state index contributed by atoms with van der Waals surface area (Å²) in [5.74, 6) is 1.08. The number of benzene rings is 2. The second-order valence-corrected chi connectivity index (χ2v) is 8.71. The molecule has 2 aromatic carbocycles. The Labute approximate surface area is 219 Å². The van der Waals surface area contributed by atoms with Crippen LogP contribution in [0.3, 0.4) is 0 Å². The summed E-state index contributed by atoms with van der Waals surface area (Å²) in [5, 5.41) is 12.4. The molecule has 6 rings (SSSR count). The SMILES string of the molecule is N#Cc1cncc(NCc2ccc(-n3c(-c4cccnc4N)nc4ccc(-c5ccccc5)nc43)cc2)c1. The summed E-state index contributed by atoms with van der Waals surface area (Å²) in [6.07, 6.45) is 4.91. The van der Waals surface area contributed by atoms with Crippen molar-refractivity contribution in [3.05, 3.63) is 115 Å². The number of rotatable bonds is 6. The lowest BCUT2D eigenvalue weighted by molar-refractivity contribution is 1.06. The van der Waals surface area contributed by atoms with E-state index in [0.29, 0.717) is 23.8 Å². The zero-order chi connectivity index (χ0) is 25.9. The summed E-state index contributed by atoms with van der Waals surface area (Å²) in [6, 6.07) is 29.9. The average molecular weight is 495 g/mol. The maximum atomic E-state index is 9.11. The number of nitrogens with one attached hydrogen (secondary N) is 1. The molecule has 0 aliphatic carbocycles. The molecule has 0 fully saturated rings. The molecule has 0 saturated heterocycles. The first kappa shape index (κ1) is 22.9. The molecule has 38 heavy (non-hydrogen) atoms. The number of nitriles is 1. The van der Waals surface area contributed by atoms with Crippen LogP contribution < -0.4 is 11.1 Å². The minimum absolute atomic E-state index is 0.404. The third kappa shape index (κ3) is 4.40. The molecule has 0 aliphatic rings. The maximum Gasteiger partial charge on any atom is 0.165 e. The quantitative estimate of drug-likeness (QED) is 0.309. The van der Waals surface area contributed by atoms with Crippen LogP contribution in [0.5, 0.6) is 0 Å². The fraction of sp³-hybridized carbons (Fsp3) is 0.0333. The average Bonchev–Trinajstić information content (AvgIpc) is 3.35. The molecule has 6 aromatic rings. The van der Waals surface area contributed by atoms with Gasteiger partial charge in [0.1, 0.15) is 17.4 Å². The second-order valence-electron chi connectivity index (χ2n) is 8.71. The minimum atomic E-state index is 0.404. The number of nitrogen functional groups attached to an aromatic ring is 1. The number of aromatic nitrogens is 5. The summed E-state index contributed by atoms with van der Waals surface area (Å²) < 4.78 is 2.02. The van der Waals surface area contributed by atoms with E-state index < -0.39 is 0 Å². The lowest BCUT2D eigenvalue weighted by Gasteiger charge is -2.12. The lowest BCUT2D eigenvalue weighted by Crippen LogP contribution is -2.03. The van der Waals surface area contributed by atoms with E-state index in [1.807, 2.05) is 83.4 Å². The molecule has 0 aliphatic heterocycles. The van der Waals surface area contributed by atoms with E-state index in [0.717, 1.165) is 44.9 Å². The van der Waals surface area contributed by atoms with Crippen molar-refractivity contribution < 1.29 is 0 Å². The third-order valence-electron chi connectivity index (χ3n) is 6.21. The Hall–Kier alpha value is -5.55. The zero-order valence-corrected chi connectivity index (χ0v) is 20.3. The molecule has 4 aromatic heterocycles. The molecule has 0 atom stereocenters. The van der Waals surface area contributed by atoms with Crippen LogP contribution in [0, 0.1) is 11.3 Å². The topological polar surface area (TPSA) is 118 Å².